The lowest BCUT2D eigenvalue weighted by molar-refractivity contribution is -0.114. The first-order chi connectivity index (χ1) is 16.0. The first kappa shape index (κ1) is 27.9. The van der Waals surface area contributed by atoms with Crippen molar-refractivity contribution < 1.29 is 17.6 Å². The third kappa shape index (κ3) is 7.85. The van der Waals surface area contributed by atoms with Gasteiger partial charge in [-0.2, -0.15) is 0 Å². The number of H-pyrrole nitrogens is 1. The zero-order chi connectivity index (χ0) is 25.5. The Morgan fingerprint density at radius 1 is 1.26 bits per heavy atom. The molecule has 0 saturated heterocycles. The number of halogens is 2. The molecule has 0 spiro atoms. The number of amides is 1. The average molecular weight is 530 g/mol. The van der Waals surface area contributed by atoms with Crippen molar-refractivity contribution in [2.45, 2.75) is 57.1 Å². The number of carbonyl (C=O) groups is 1. The van der Waals surface area contributed by atoms with Crippen LogP contribution in [0, 0.1) is 11.7 Å². The monoisotopic (exact) mass is 529 g/mol. The van der Waals surface area contributed by atoms with Crippen LogP contribution in [0.15, 0.2) is 28.7 Å². The molecule has 0 aliphatic heterocycles. The maximum absolute atomic E-state index is 12.9. The summed E-state index contributed by atoms with van der Waals surface area (Å²) in [6, 6.07) is 2.98. The maximum atomic E-state index is 12.9. The van der Waals surface area contributed by atoms with E-state index in [2.05, 4.69) is 46.0 Å². The van der Waals surface area contributed by atoms with E-state index in [9.17, 15) is 17.6 Å². The largest absolute Gasteiger partial charge is 0.339 e. The van der Waals surface area contributed by atoms with Crippen molar-refractivity contribution in [2.75, 3.05) is 11.6 Å². The first-order valence-electron chi connectivity index (χ1n) is 10.8. The quantitative estimate of drug-likeness (QED) is 0.386. The molecule has 0 fully saturated rings. The van der Waals surface area contributed by atoms with Crippen LogP contribution in [0.1, 0.15) is 58.6 Å². The molecule has 0 aromatic carbocycles. The molecule has 186 valence electrons. The fourth-order valence-corrected chi connectivity index (χ4v) is 5.15. The van der Waals surface area contributed by atoms with Crippen LogP contribution in [0.3, 0.4) is 0 Å². The minimum atomic E-state index is -3.21. The number of sulfone groups is 1. The van der Waals surface area contributed by atoms with Crippen molar-refractivity contribution in [3.8, 4) is 11.5 Å². The summed E-state index contributed by atoms with van der Waals surface area (Å²) in [5.74, 6) is 0.847. The lowest BCUT2D eigenvalue weighted by Crippen LogP contribution is -2.10. The smallest absolute Gasteiger partial charge is 0.223 e. The minimum absolute atomic E-state index is 0.149. The van der Waals surface area contributed by atoms with Gasteiger partial charge in [0.25, 0.3) is 0 Å². The van der Waals surface area contributed by atoms with Gasteiger partial charge in [0.05, 0.1) is 18.1 Å². The molecule has 0 aliphatic rings. The Labute approximate surface area is 208 Å². The normalized spacial score (nSPS) is 13.0. The Hall–Kier alpha value is -2.37. The number of imidazole rings is 1. The molecule has 3 rings (SSSR count). The summed E-state index contributed by atoms with van der Waals surface area (Å²) >= 11 is 7.25. The van der Waals surface area contributed by atoms with Gasteiger partial charge in [0.1, 0.15) is 15.7 Å². The number of aromatic nitrogens is 4. The highest BCUT2D eigenvalue weighted by Crippen LogP contribution is 2.35. The van der Waals surface area contributed by atoms with E-state index in [4.69, 9.17) is 11.6 Å². The summed E-state index contributed by atoms with van der Waals surface area (Å²) in [4.78, 5) is 26.0. The highest BCUT2D eigenvalue weighted by atomic mass is 35.5. The van der Waals surface area contributed by atoms with Crippen molar-refractivity contribution in [3.05, 3.63) is 41.2 Å². The summed E-state index contributed by atoms with van der Waals surface area (Å²) in [5, 5.41) is 3.20. The Balaban J connectivity index is 0.000000270. The number of carbonyl (C=O) groups excluding carboxylic acids is 1. The van der Waals surface area contributed by atoms with Gasteiger partial charge in [-0.3, -0.25) is 4.79 Å². The van der Waals surface area contributed by atoms with E-state index < -0.39 is 9.84 Å². The number of hydrogen-bond acceptors (Lipinski definition) is 7. The fourth-order valence-electron chi connectivity index (χ4n) is 3.20. The van der Waals surface area contributed by atoms with Gasteiger partial charge >= 0.3 is 0 Å². The molecule has 0 aliphatic carbocycles. The second-order valence-electron chi connectivity index (χ2n) is 7.87. The Kier molecular flexibility index (Phi) is 10.1. The van der Waals surface area contributed by atoms with Gasteiger partial charge in [0.15, 0.2) is 25.9 Å². The maximum Gasteiger partial charge on any atom is 0.223 e. The summed E-state index contributed by atoms with van der Waals surface area (Å²) in [5.41, 5.74) is 1.57. The molecular weight excluding hydrogens is 501 g/mol. The van der Waals surface area contributed by atoms with Gasteiger partial charge < -0.3 is 10.3 Å². The number of anilines is 1. The standard InChI is InChI=1S/C16H21ClFN3.C6H8N2O3S2/c1-4-6-12(10(3)5-2)14-15(17)21-16(20-14)13-8-7-11(18)9-19-13;1-4(9)8-6-7-3-5(12-6)13(2,10)11/h7-10,12H,4-6H2,1-3H3,(H,20,21);3H,1-2H3,(H,7,8,9)/t10-,12+;/m0./s1. The highest BCUT2D eigenvalue weighted by Gasteiger charge is 2.23. The zero-order valence-corrected chi connectivity index (χ0v) is 22.1. The third-order valence-electron chi connectivity index (χ3n) is 5.09. The van der Waals surface area contributed by atoms with Crippen LogP contribution < -0.4 is 5.32 Å². The van der Waals surface area contributed by atoms with Crippen LogP contribution in [-0.2, 0) is 14.6 Å². The summed E-state index contributed by atoms with van der Waals surface area (Å²) < 4.78 is 35.1. The highest BCUT2D eigenvalue weighted by molar-refractivity contribution is 7.92. The van der Waals surface area contributed by atoms with Crippen molar-refractivity contribution in [2.24, 2.45) is 5.92 Å². The molecule has 1 amide bonds. The summed E-state index contributed by atoms with van der Waals surface area (Å²) in [7, 11) is -3.21. The van der Waals surface area contributed by atoms with Gasteiger partial charge in [0, 0.05) is 19.1 Å². The molecule has 0 bridgehead atoms. The summed E-state index contributed by atoms with van der Waals surface area (Å²) in [6.45, 7) is 7.91. The lowest BCUT2D eigenvalue weighted by atomic mass is 9.86. The first-order valence-corrected chi connectivity index (χ1v) is 13.9. The topological polar surface area (TPSA) is 118 Å². The molecule has 0 saturated carbocycles. The van der Waals surface area contributed by atoms with Crippen molar-refractivity contribution in [3.63, 3.8) is 0 Å². The van der Waals surface area contributed by atoms with E-state index in [-0.39, 0.29) is 15.9 Å². The van der Waals surface area contributed by atoms with Crippen LogP contribution in [-0.4, -0.2) is 40.5 Å². The van der Waals surface area contributed by atoms with Crippen LogP contribution in [0.5, 0.6) is 0 Å². The molecule has 8 nitrogen and oxygen atoms in total. The van der Waals surface area contributed by atoms with Gasteiger partial charge in [-0.1, -0.05) is 56.6 Å². The van der Waals surface area contributed by atoms with E-state index in [1.54, 1.807) is 6.07 Å². The Morgan fingerprint density at radius 3 is 2.47 bits per heavy atom. The lowest BCUT2D eigenvalue weighted by Gasteiger charge is -2.21. The molecule has 12 heteroatoms. The SMILES string of the molecule is CC(=O)Nc1ncc(S(C)(=O)=O)s1.CCC[C@@H](c1[nH]c(-c2ccc(F)cn2)nc1Cl)[C@@H](C)CC. The van der Waals surface area contributed by atoms with E-state index in [1.165, 1.54) is 25.4 Å². The summed E-state index contributed by atoms with van der Waals surface area (Å²) in [6.07, 6.45) is 6.75. The molecule has 2 N–H and O–H groups in total. The van der Waals surface area contributed by atoms with Crippen LogP contribution in [0.4, 0.5) is 9.52 Å². The Morgan fingerprint density at radius 2 is 1.97 bits per heavy atom. The van der Waals surface area contributed by atoms with Gasteiger partial charge in [0.2, 0.25) is 5.91 Å². The minimum Gasteiger partial charge on any atom is -0.339 e. The number of pyridine rings is 1. The van der Waals surface area contributed by atoms with Gasteiger partial charge in [-0.15, -0.1) is 0 Å². The van der Waals surface area contributed by atoms with Crippen LogP contribution in [0.25, 0.3) is 11.5 Å². The van der Waals surface area contributed by atoms with Crippen LogP contribution in [0.2, 0.25) is 5.15 Å². The fraction of sp³-hybridized carbons (Fsp3) is 0.455. The number of rotatable bonds is 8. The number of aromatic amines is 1. The van der Waals surface area contributed by atoms with Crippen molar-refractivity contribution >= 4 is 43.8 Å². The van der Waals surface area contributed by atoms with E-state index in [1.807, 2.05) is 0 Å². The van der Waals surface area contributed by atoms with E-state index in [0.29, 0.717) is 33.6 Å². The molecular formula is C22H29ClFN5O3S2. The second kappa shape index (κ2) is 12.4. The molecule has 2 atom stereocenters. The molecule has 3 aromatic heterocycles. The van der Waals surface area contributed by atoms with Gasteiger partial charge in [-0.05, 0) is 24.5 Å². The predicted octanol–water partition coefficient (Wildman–Crippen LogP) is 5.70. The molecule has 34 heavy (non-hydrogen) atoms. The van der Waals surface area contributed by atoms with E-state index in [0.717, 1.165) is 42.5 Å². The zero-order valence-electron chi connectivity index (χ0n) is 19.7. The molecule has 0 unspecified atom stereocenters. The molecule has 3 heterocycles. The van der Waals surface area contributed by atoms with Gasteiger partial charge in [-0.25, -0.2) is 27.8 Å². The predicted molar refractivity (Wildman–Crippen MR) is 133 cm³/mol. The van der Waals surface area contributed by atoms with Crippen molar-refractivity contribution in [1.29, 1.82) is 0 Å². The van der Waals surface area contributed by atoms with Crippen LogP contribution >= 0.6 is 22.9 Å². The van der Waals surface area contributed by atoms with E-state index >= 15 is 0 Å². The molecule has 0 radical (unpaired) electrons. The number of nitrogens with one attached hydrogen (secondary N) is 2. The third-order valence-corrected chi connectivity index (χ3v) is 8.08. The number of thiazole rings is 1. The number of hydrogen-bond donors (Lipinski definition) is 2. The second-order valence-corrected chi connectivity index (χ2v) is 11.5. The Bertz CT molecular complexity index is 1200. The number of nitrogens with zero attached hydrogens (tertiary/aromatic N) is 3. The average Bonchev–Trinajstić information content (AvgIpc) is 3.39. The van der Waals surface area contributed by atoms with Crippen molar-refractivity contribution in [1.82, 2.24) is 19.9 Å². The molecule has 3 aromatic rings.